The highest BCUT2D eigenvalue weighted by Crippen LogP contribution is 2.20. The molecule has 7 nitrogen and oxygen atoms in total. The fraction of sp³-hybridized carbons (Fsp3) is 0.500. The first-order valence-electron chi connectivity index (χ1n) is 8.20. The van der Waals surface area contributed by atoms with E-state index in [4.69, 9.17) is 0 Å². The van der Waals surface area contributed by atoms with Crippen molar-refractivity contribution in [2.75, 3.05) is 39.3 Å². The smallest absolute Gasteiger partial charge is 0.246 e. The highest BCUT2D eigenvalue weighted by atomic mass is 32.2. The number of hydrogen-bond donors (Lipinski definition) is 0. The van der Waals surface area contributed by atoms with E-state index in [0.717, 1.165) is 12.5 Å². The Hall–Kier alpha value is -2.00. The lowest BCUT2D eigenvalue weighted by Crippen LogP contribution is -2.52. The monoisotopic (exact) mass is 369 g/mol. The number of benzene rings is 1. The van der Waals surface area contributed by atoms with E-state index >= 15 is 0 Å². The Morgan fingerprint density at radius 1 is 1.08 bits per heavy atom. The number of sulfonamides is 1. The number of rotatable bonds is 4. The minimum Gasteiger partial charge on any atom is -0.339 e. The molecule has 0 atom stereocenters. The van der Waals surface area contributed by atoms with Crippen LogP contribution in [-0.2, 0) is 19.6 Å². The molecule has 0 saturated carbocycles. The quantitative estimate of drug-likeness (QED) is 0.764. The molecule has 3 rings (SSSR count). The molecule has 9 heteroatoms. The molecule has 2 amide bonds. The van der Waals surface area contributed by atoms with E-state index in [1.807, 2.05) is 0 Å². The van der Waals surface area contributed by atoms with Crippen LogP contribution in [0.1, 0.15) is 12.8 Å². The summed E-state index contributed by atoms with van der Waals surface area (Å²) in [5.41, 5.74) is 0. The zero-order chi connectivity index (χ0) is 18.0. The van der Waals surface area contributed by atoms with Crippen molar-refractivity contribution in [2.24, 2.45) is 0 Å². The first kappa shape index (κ1) is 17.8. The van der Waals surface area contributed by atoms with Crippen LogP contribution in [0.2, 0.25) is 0 Å². The highest BCUT2D eigenvalue weighted by Gasteiger charge is 2.32. The van der Waals surface area contributed by atoms with Crippen LogP contribution in [0.25, 0.3) is 0 Å². The maximum atomic E-state index is 13.8. The molecule has 0 bridgehead atoms. The summed E-state index contributed by atoms with van der Waals surface area (Å²) in [6.07, 6.45) is 1.24. The zero-order valence-corrected chi connectivity index (χ0v) is 14.5. The van der Waals surface area contributed by atoms with Crippen molar-refractivity contribution in [1.29, 1.82) is 0 Å². The molecule has 2 heterocycles. The summed E-state index contributed by atoms with van der Waals surface area (Å²) in [6.45, 7) is 1.31. The van der Waals surface area contributed by atoms with Crippen LogP contribution in [0.15, 0.2) is 29.2 Å². The van der Waals surface area contributed by atoms with Crippen molar-refractivity contribution in [3.05, 3.63) is 30.1 Å². The number of amides is 2. The van der Waals surface area contributed by atoms with Gasteiger partial charge in [0, 0.05) is 39.1 Å². The standard InChI is InChI=1S/C16H20FN3O4S/c17-13-4-1-2-5-14(13)25(23,24)20-10-8-18(9-11-20)16(22)12-19-7-3-6-15(19)21/h1-2,4-5H,3,6-12H2. The average Bonchev–Trinajstić information content (AvgIpc) is 3.00. The molecule has 2 aliphatic rings. The Balaban J connectivity index is 1.61. The lowest BCUT2D eigenvalue weighted by Gasteiger charge is -2.34. The lowest BCUT2D eigenvalue weighted by atomic mass is 10.3. The molecule has 0 N–H and O–H groups in total. The third-order valence-corrected chi connectivity index (χ3v) is 6.48. The summed E-state index contributed by atoms with van der Waals surface area (Å²) in [4.78, 5) is 26.6. The fourth-order valence-electron chi connectivity index (χ4n) is 3.11. The molecule has 1 aromatic carbocycles. The molecular formula is C16H20FN3O4S. The van der Waals surface area contributed by atoms with E-state index in [0.29, 0.717) is 13.0 Å². The van der Waals surface area contributed by atoms with Crippen LogP contribution in [0, 0.1) is 5.82 Å². The summed E-state index contributed by atoms with van der Waals surface area (Å²) in [5, 5.41) is 0. The van der Waals surface area contributed by atoms with Crippen molar-refractivity contribution in [1.82, 2.24) is 14.1 Å². The highest BCUT2D eigenvalue weighted by molar-refractivity contribution is 7.89. The average molecular weight is 369 g/mol. The predicted octanol–water partition coefficient (Wildman–Crippen LogP) is 0.281. The van der Waals surface area contributed by atoms with Crippen molar-refractivity contribution in [2.45, 2.75) is 17.7 Å². The van der Waals surface area contributed by atoms with Crippen LogP contribution >= 0.6 is 0 Å². The summed E-state index contributed by atoms with van der Waals surface area (Å²) >= 11 is 0. The fourth-order valence-corrected chi connectivity index (χ4v) is 4.59. The van der Waals surface area contributed by atoms with E-state index < -0.39 is 15.8 Å². The van der Waals surface area contributed by atoms with Gasteiger partial charge in [-0.25, -0.2) is 12.8 Å². The van der Waals surface area contributed by atoms with E-state index in [2.05, 4.69) is 0 Å². The first-order valence-corrected chi connectivity index (χ1v) is 9.64. The Morgan fingerprint density at radius 3 is 2.36 bits per heavy atom. The van der Waals surface area contributed by atoms with Crippen LogP contribution in [0.5, 0.6) is 0 Å². The van der Waals surface area contributed by atoms with Gasteiger partial charge in [0.2, 0.25) is 21.8 Å². The lowest BCUT2D eigenvalue weighted by molar-refractivity contribution is -0.139. The van der Waals surface area contributed by atoms with Gasteiger partial charge in [0.25, 0.3) is 0 Å². The number of carbonyl (C=O) groups excluding carboxylic acids is 2. The van der Waals surface area contributed by atoms with Gasteiger partial charge in [-0.15, -0.1) is 0 Å². The Kier molecular flexibility index (Phi) is 5.05. The molecule has 0 aliphatic carbocycles. The summed E-state index contributed by atoms with van der Waals surface area (Å²) < 4.78 is 40.1. The Labute approximate surface area is 146 Å². The molecule has 0 unspecified atom stereocenters. The van der Waals surface area contributed by atoms with Crippen molar-refractivity contribution in [3.8, 4) is 0 Å². The van der Waals surface area contributed by atoms with Crippen molar-refractivity contribution < 1.29 is 22.4 Å². The molecule has 0 radical (unpaired) electrons. The Bertz CT molecular complexity index is 775. The molecule has 136 valence electrons. The maximum absolute atomic E-state index is 13.8. The molecule has 0 spiro atoms. The predicted molar refractivity (Wildman–Crippen MR) is 87.6 cm³/mol. The SMILES string of the molecule is O=C(CN1CCCC1=O)N1CCN(S(=O)(=O)c2ccccc2F)CC1. The summed E-state index contributed by atoms with van der Waals surface area (Å²) in [7, 11) is -3.92. The van der Waals surface area contributed by atoms with Crippen LogP contribution in [-0.4, -0.2) is 73.6 Å². The van der Waals surface area contributed by atoms with E-state index in [1.165, 1.54) is 27.4 Å². The molecule has 2 fully saturated rings. The van der Waals surface area contributed by atoms with E-state index in [1.54, 1.807) is 4.90 Å². The molecule has 2 saturated heterocycles. The van der Waals surface area contributed by atoms with Gasteiger partial charge in [-0.1, -0.05) is 12.1 Å². The van der Waals surface area contributed by atoms with Gasteiger partial charge in [-0.05, 0) is 18.6 Å². The second-order valence-corrected chi connectivity index (χ2v) is 8.04. The first-order chi connectivity index (χ1) is 11.9. The number of halogens is 1. The number of carbonyl (C=O) groups is 2. The van der Waals surface area contributed by atoms with Crippen LogP contribution < -0.4 is 0 Å². The maximum Gasteiger partial charge on any atom is 0.246 e. The Morgan fingerprint density at radius 2 is 1.76 bits per heavy atom. The minimum atomic E-state index is -3.92. The van der Waals surface area contributed by atoms with Gasteiger partial charge in [-0.2, -0.15) is 4.31 Å². The molecule has 0 aromatic heterocycles. The molecule has 2 aliphatic heterocycles. The van der Waals surface area contributed by atoms with Crippen LogP contribution in [0.3, 0.4) is 0 Å². The number of nitrogens with zero attached hydrogens (tertiary/aromatic N) is 3. The second kappa shape index (κ2) is 7.09. The van der Waals surface area contributed by atoms with E-state index in [9.17, 15) is 22.4 Å². The van der Waals surface area contributed by atoms with Gasteiger partial charge in [-0.3, -0.25) is 9.59 Å². The molecule has 25 heavy (non-hydrogen) atoms. The topological polar surface area (TPSA) is 78.0 Å². The van der Waals surface area contributed by atoms with Crippen LogP contribution in [0.4, 0.5) is 4.39 Å². The number of piperazine rings is 1. The largest absolute Gasteiger partial charge is 0.339 e. The van der Waals surface area contributed by atoms with Gasteiger partial charge >= 0.3 is 0 Å². The third kappa shape index (κ3) is 3.67. The van der Waals surface area contributed by atoms with Gasteiger partial charge < -0.3 is 9.80 Å². The van der Waals surface area contributed by atoms with Crippen molar-refractivity contribution in [3.63, 3.8) is 0 Å². The minimum absolute atomic E-state index is 0.0193. The van der Waals surface area contributed by atoms with E-state index in [-0.39, 0.29) is 49.4 Å². The number of hydrogen-bond acceptors (Lipinski definition) is 4. The third-order valence-electron chi connectivity index (χ3n) is 4.54. The van der Waals surface area contributed by atoms with Gasteiger partial charge in [0.1, 0.15) is 10.7 Å². The van der Waals surface area contributed by atoms with Gasteiger partial charge in [0.15, 0.2) is 0 Å². The summed E-state index contributed by atoms with van der Waals surface area (Å²) in [6, 6.07) is 5.26. The molecular weight excluding hydrogens is 349 g/mol. The summed E-state index contributed by atoms with van der Waals surface area (Å²) in [5.74, 6) is -0.985. The zero-order valence-electron chi connectivity index (χ0n) is 13.7. The van der Waals surface area contributed by atoms with Gasteiger partial charge in [0.05, 0.1) is 6.54 Å². The van der Waals surface area contributed by atoms with Crippen molar-refractivity contribution >= 4 is 21.8 Å². The molecule has 1 aromatic rings. The number of likely N-dealkylation sites (tertiary alicyclic amines) is 1. The second-order valence-electron chi connectivity index (χ2n) is 6.13. The normalized spacial score (nSPS) is 19.5.